The van der Waals surface area contributed by atoms with E-state index in [0.29, 0.717) is 18.8 Å². The summed E-state index contributed by atoms with van der Waals surface area (Å²) in [6, 6.07) is 12.5. The molecular formula is C23H28N2O5S. The molecule has 0 saturated carbocycles. The number of amides is 1. The Morgan fingerprint density at radius 1 is 1.03 bits per heavy atom. The molecule has 0 aliphatic heterocycles. The predicted molar refractivity (Wildman–Crippen MR) is 121 cm³/mol. The van der Waals surface area contributed by atoms with Crippen molar-refractivity contribution in [3.63, 3.8) is 0 Å². The first-order chi connectivity index (χ1) is 14.6. The maximum atomic E-state index is 12.8. The fraction of sp³-hybridized carbons (Fsp3) is 0.304. The number of nitrogens with zero attached hydrogens (tertiary/aromatic N) is 2. The number of ether oxygens (including phenoxy) is 1. The summed E-state index contributed by atoms with van der Waals surface area (Å²) in [7, 11) is -2.28. The lowest BCUT2D eigenvalue weighted by Gasteiger charge is -2.21. The van der Waals surface area contributed by atoms with Crippen LogP contribution >= 0.6 is 0 Å². The first-order valence-corrected chi connectivity index (χ1v) is 11.2. The number of likely N-dealkylation sites (N-methyl/N-ethyl adjacent to an activating group) is 1. The fourth-order valence-corrected chi connectivity index (χ4v) is 4.01. The van der Waals surface area contributed by atoms with Gasteiger partial charge in [-0.2, -0.15) is 0 Å². The van der Waals surface area contributed by atoms with Gasteiger partial charge in [0.25, 0.3) is 15.9 Å². The molecule has 0 fully saturated rings. The number of esters is 1. The summed E-state index contributed by atoms with van der Waals surface area (Å²) >= 11 is 0. The Bertz CT molecular complexity index is 1040. The van der Waals surface area contributed by atoms with Gasteiger partial charge in [-0.1, -0.05) is 29.8 Å². The van der Waals surface area contributed by atoms with Crippen molar-refractivity contribution in [2.45, 2.75) is 25.7 Å². The van der Waals surface area contributed by atoms with Crippen LogP contribution in [0.4, 0.5) is 5.69 Å². The number of anilines is 1. The first kappa shape index (κ1) is 24.1. The normalized spacial score (nSPS) is 11.0. The van der Waals surface area contributed by atoms with Crippen LogP contribution in [0.15, 0.2) is 65.6 Å². The van der Waals surface area contributed by atoms with Crippen molar-refractivity contribution in [3.8, 4) is 0 Å². The summed E-state index contributed by atoms with van der Waals surface area (Å²) in [4.78, 5) is 26.2. The van der Waals surface area contributed by atoms with Gasteiger partial charge in [0.15, 0.2) is 6.61 Å². The quantitative estimate of drug-likeness (QED) is 0.437. The van der Waals surface area contributed by atoms with Crippen LogP contribution in [0.25, 0.3) is 0 Å². The second kappa shape index (κ2) is 10.3. The van der Waals surface area contributed by atoms with E-state index in [1.807, 2.05) is 20.8 Å². The standard InChI is InChI=1S/C23H28N2O5S/c1-6-25(15-17(2)3)22(26)16-30-23(27)19-9-11-20(12-10-19)24(5)31(28,29)21-13-7-18(4)8-14-21/h7-14H,2,6,15-16H2,1,3-5H3. The van der Waals surface area contributed by atoms with Crippen molar-refractivity contribution >= 4 is 27.6 Å². The Kier molecular flexibility index (Phi) is 7.99. The van der Waals surface area contributed by atoms with Crippen LogP contribution in [0.2, 0.25) is 0 Å². The summed E-state index contributed by atoms with van der Waals surface area (Å²) in [5, 5.41) is 0. The van der Waals surface area contributed by atoms with Gasteiger partial charge in [-0.15, -0.1) is 0 Å². The number of rotatable bonds is 9. The Labute approximate surface area is 184 Å². The maximum absolute atomic E-state index is 12.8. The maximum Gasteiger partial charge on any atom is 0.338 e. The number of carbonyl (C=O) groups is 2. The molecule has 166 valence electrons. The van der Waals surface area contributed by atoms with Crippen LogP contribution in [-0.2, 0) is 19.6 Å². The molecule has 1 amide bonds. The minimum Gasteiger partial charge on any atom is -0.452 e. The van der Waals surface area contributed by atoms with Gasteiger partial charge in [-0.3, -0.25) is 9.10 Å². The minimum atomic E-state index is -3.73. The Morgan fingerprint density at radius 2 is 1.61 bits per heavy atom. The third kappa shape index (κ3) is 6.18. The summed E-state index contributed by atoms with van der Waals surface area (Å²) in [5.41, 5.74) is 2.42. The first-order valence-electron chi connectivity index (χ1n) is 9.81. The van der Waals surface area contributed by atoms with E-state index < -0.39 is 16.0 Å². The zero-order chi connectivity index (χ0) is 23.2. The number of benzene rings is 2. The molecule has 0 N–H and O–H groups in total. The van der Waals surface area contributed by atoms with Crippen LogP contribution in [0.3, 0.4) is 0 Å². The highest BCUT2D eigenvalue weighted by atomic mass is 32.2. The molecular weight excluding hydrogens is 416 g/mol. The number of hydrogen-bond acceptors (Lipinski definition) is 5. The van der Waals surface area contributed by atoms with Gasteiger partial charge >= 0.3 is 5.97 Å². The van der Waals surface area contributed by atoms with Crippen LogP contribution in [0.5, 0.6) is 0 Å². The Balaban J connectivity index is 2.05. The number of carbonyl (C=O) groups excluding carboxylic acids is 2. The summed E-state index contributed by atoms with van der Waals surface area (Å²) < 4.78 is 31.8. The van der Waals surface area contributed by atoms with Crippen LogP contribution in [0.1, 0.15) is 29.8 Å². The molecule has 2 rings (SSSR count). The topological polar surface area (TPSA) is 84.0 Å². The zero-order valence-electron chi connectivity index (χ0n) is 18.3. The van der Waals surface area contributed by atoms with Gasteiger partial charge < -0.3 is 9.64 Å². The highest BCUT2D eigenvalue weighted by molar-refractivity contribution is 7.92. The van der Waals surface area contributed by atoms with Crippen molar-refractivity contribution in [3.05, 3.63) is 71.8 Å². The van der Waals surface area contributed by atoms with Gasteiger partial charge in [0.05, 0.1) is 16.1 Å². The number of aryl methyl sites for hydroxylation is 1. The zero-order valence-corrected chi connectivity index (χ0v) is 19.1. The molecule has 0 spiro atoms. The number of sulfonamides is 1. The molecule has 8 heteroatoms. The smallest absolute Gasteiger partial charge is 0.338 e. The lowest BCUT2D eigenvalue weighted by atomic mass is 10.2. The Morgan fingerprint density at radius 3 is 2.13 bits per heavy atom. The van der Waals surface area contributed by atoms with Crippen LogP contribution < -0.4 is 4.31 Å². The molecule has 2 aromatic rings. The van der Waals surface area contributed by atoms with E-state index in [-0.39, 0.29) is 23.0 Å². The predicted octanol–water partition coefficient (Wildman–Crippen LogP) is 3.40. The third-order valence-corrected chi connectivity index (χ3v) is 6.47. The van der Waals surface area contributed by atoms with Crippen molar-refractivity contribution in [2.24, 2.45) is 0 Å². The molecule has 0 saturated heterocycles. The van der Waals surface area contributed by atoms with Crippen molar-refractivity contribution < 1.29 is 22.7 Å². The lowest BCUT2D eigenvalue weighted by molar-refractivity contribution is -0.133. The van der Waals surface area contributed by atoms with Gasteiger partial charge in [-0.05, 0) is 57.2 Å². The second-order valence-electron chi connectivity index (χ2n) is 7.27. The van der Waals surface area contributed by atoms with Crippen molar-refractivity contribution in [2.75, 3.05) is 31.0 Å². The molecule has 31 heavy (non-hydrogen) atoms. The third-order valence-electron chi connectivity index (χ3n) is 4.67. The molecule has 0 unspecified atom stereocenters. The van der Waals surface area contributed by atoms with Crippen LogP contribution in [-0.4, -0.2) is 51.9 Å². The van der Waals surface area contributed by atoms with E-state index in [1.54, 1.807) is 29.2 Å². The monoisotopic (exact) mass is 444 g/mol. The summed E-state index contributed by atoms with van der Waals surface area (Å²) in [6.45, 7) is 9.84. The van der Waals surface area contributed by atoms with Crippen molar-refractivity contribution in [1.29, 1.82) is 0 Å². The van der Waals surface area contributed by atoms with E-state index >= 15 is 0 Å². The highest BCUT2D eigenvalue weighted by Gasteiger charge is 2.22. The average molecular weight is 445 g/mol. The van der Waals surface area contributed by atoms with Gasteiger partial charge in [0.2, 0.25) is 0 Å². The largest absolute Gasteiger partial charge is 0.452 e. The highest BCUT2D eigenvalue weighted by Crippen LogP contribution is 2.23. The second-order valence-corrected chi connectivity index (χ2v) is 9.24. The van der Waals surface area contributed by atoms with Gasteiger partial charge in [0.1, 0.15) is 0 Å². The molecule has 2 aromatic carbocycles. The van der Waals surface area contributed by atoms with Crippen LogP contribution in [0, 0.1) is 6.92 Å². The average Bonchev–Trinajstić information content (AvgIpc) is 2.75. The van der Waals surface area contributed by atoms with E-state index in [2.05, 4.69) is 6.58 Å². The molecule has 7 nitrogen and oxygen atoms in total. The van der Waals surface area contributed by atoms with E-state index in [9.17, 15) is 18.0 Å². The molecule has 0 heterocycles. The SMILES string of the molecule is C=C(C)CN(CC)C(=O)COC(=O)c1ccc(N(C)S(=O)(=O)c2ccc(C)cc2)cc1. The molecule has 0 aliphatic carbocycles. The molecule has 0 aliphatic rings. The van der Waals surface area contributed by atoms with Crippen molar-refractivity contribution in [1.82, 2.24) is 4.90 Å². The number of hydrogen-bond donors (Lipinski definition) is 0. The van der Waals surface area contributed by atoms with E-state index in [1.165, 1.54) is 31.3 Å². The Hall–Kier alpha value is -3.13. The lowest BCUT2D eigenvalue weighted by Crippen LogP contribution is -2.35. The van der Waals surface area contributed by atoms with Gasteiger partial charge in [0, 0.05) is 20.1 Å². The fourth-order valence-electron chi connectivity index (χ4n) is 2.82. The van der Waals surface area contributed by atoms with E-state index in [0.717, 1.165) is 15.4 Å². The van der Waals surface area contributed by atoms with Gasteiger partial charge in [-0.25, -0.2) is 13.2 Å². The molecule has 0 bridgehead atoms. The molecule has 0 aromatic heterocycles. The molecule has 0 atom stereocenters. The summed E-state index contributed by atoms with van der Waals surface area (Å²) in [6.07, 6.45) is 0. The molecule has 0 radical (unpaired) electrons. The van der Waals surface area contributed by atoms with E-state index in [4.69, 9.17) is 4.74 Å². The summed E-state index contributed by atoms with van der Waals surface area (Å²) in [5.74, 6) is -0.963. The minimum absolute atomic E-state index is 0.179.